The second kappa shape index (κ2) is 9.39. The molecule has 0 fully saturated rings. The molecule has 2 heterocycles. The standard InChI is InChI=1S/C24H22N4O5/c1-3-21-26-17-8-5-4-7-16(17)24(31)28(21)14-22(29)25-15-10-11-18(20(13-15)32-2)27-23(30)19-9-6-12-33-19/h4-13H,3,14H2,1-2H3,(H,25,29)(H,27,30). The van der Waals surface area contributed by atoms with Crippen LogP contribution in [0.3, 0.4) is 0 Å². The Morgan fingerprint density at radius 1 is 1.09 bits per heavy atom. The number of amides is 2. The number of nitrogens with zero attached hydrogens (tertiary/aromatic N) is 2. The van der Waals surface area contributed by atoms with Crippen molar-refractivity contribution in [3.63, 3.8) is 0 Å². The largest absolute Gasteiger partial charge is 0.494 e. The number of rotatable bonds is 7. The summed E-state index contributed by atoms with van der Waals surface area (Å²) in [5.41, 5.74) is 1.21. The molecule has 0 radical (unpaired) electrons. The molecule has 4 rings (SSSR count). The average Bonchev–Trinajstić information content (AvgIpc) is 3.37. The van der Waals surface area contributed by atoms with E-state index < -0.39 is 11.8 Å². The minimum absolute atomic E-state index is 0.163. The third-order valence-corrected chi connectivity index (χ3v) is 5.04. The van der Waals surface area contributed by atoms with Crippen LogP contribution >= 0.6 is 0 Å². The minimum atomic E-state index is -0.426. The lowest BCUT2D eigenvalue weighted by Gasteiger charge is -2.14. The number of ether oxygens (including phenoxy) is 1. The van der Waals surface area contributed by atoms with Crippen LogP contribution in [-0.4, -0.2) is 28.5 Å². The average molecular weight is 446 g/mol. The highest BCUT2D eigenvalue weighted by Crippen LogP contribution is 2.28. The molecule has 2 amide bonds. The Kier molecular flexibility index (Phi) is 6.21. The van der Waals surface area contributed by atoms with Crippen LogP contribution in [0.15, 0.2) is 70.1 Å². The van der Waals surface area contributed by atoms with Crippen LogP contribution in [0.5, 0.6) is 5.75 Å². The Labute approximate surface area is 189 Å². The third-order valence-electron chi connectivity index (χ3n) is 5.04. The summed E-state index contributed by atoms with van der Waals surface area (Å²) < 4.78 is 11.8. The number of nitrogens with one attached hydrogen (secondary N) is 2. The maximum atomic E-state index is 12.9. The van der Waals surface area contributed by atoms with Gasteiger partial charge in [-0.1, -0.05) is 19.1 Å². The van der Waals surface area contributed by atoms with E-state index >= 15 is 0 Å². The van der Waals surface area contributed by atoms with Crippen molar-refractivity contribution >= 4 is 34.1 Å². The summed E-state index contributed by atoms with van der Waals surface area (Å²) >= 11 is 0. The van der Waals surface area contributed by atoms with Crippen LogP contribution in [0.2, 0.25) is 0 Å². The van der Waals surface area contributed by atoms with E-state index in [2.05, 4.69) is 15.6 Å². The predicted octanol–water partition coefficient (Wildman–Crippen LogP) is 3.45. The zero-order valence-corrected chi connectivity index (χ0v) is 18.1. The molecule has 0 aliphatic rings. The van der Waals surface area contributed by atoms with E-state index in [1.54, 1.807) is 48.5 Å². The zero-order chi connectivity index (χ0) is 23.4. The van der Waals surface area contributed by atoms with E-state index in [-0.39, 0.29) is 17.9 Å². The number of para-hydroxylation sites is 1. The molecular formula is C24H22N4O5. The van der Waals surface area contributed by atoms with Gasteiger partial charge in [0.15, 0.2) is 5.76 Å². The molecule has 2 N–H and O–H groups in total. The summed E-state index contributed by atoms with van der Waals surface area (Å²) in [6.45, 7) is 1.70. The molecular weight excluding hydrogens is 424 g/mol. The van der Waals surface area contributed by atoms with E-state index in [0.29, 0.717) is 40.3 Å². The van der Waals surface area contributed by atoms with Crippen LogP contribution in [0.25, 0.3) is 10.9 Å². The topological polar surface area (TPSA) is 115 Å². The molecule has 0 bridgehead atoms. The lowest BCUT2D eigenvalue weighted by atomic mass is 10.2. The summed E-state index contributed by atoms with van der Waals surface area (Å²) in [5.74, 6) is 0.230. The minimum Gasteiger partial charge on any atom is -0.494 e. The molecule has 4 aromatic rings. The van der Waals surface area contributed by atoms with Crippen molar-refractivity contribution < 1.29 is 18.7 Å². The molecule has 0 spiro atoms. The quantitative estimate of drug-likeness (QED) is 0.449. The first-order valence-corrected chi connectivity index (χ1v) is 10.3. The summed E-state index contributed by atoms with van der Waals surface area (Å²) in [4.78, 5) is 42.4. The Morgan fingerprint density at radius 3 is 2.64 bits per heavy atom. The van der Waals surface area contributed by atoms with Crippen LogP contribution < -0.4 is 20.9 Å². The maximum Gasteiger partial charge on any atom is 0.291 e. The van der Waals surface area contributed by atoms with Crippen LogP contribution in [0.4, 0.5) is 11.4 Å². The van der Waals surface area contributed by atoms with E-state index in [0.717, 1.165) is 0 Å². The molecule has 0 saturated carbocycles. The van der Waals surface area contributed by atoms with Crippen LogP contribution in [0.1, 0.15) is 23.3 Å². The summed E-state index contributed by atoms with van der Waals surface area (Å²) in [5, 5.41) is 5.92. The normalized spacial score (nSPS) is 10.7. The Morgan fingerprint density at radius 2 is 1.91 bits per heavy atom. The van der Waals surface area contributed by atoms with Crippen molar-refractivity contribution in [2.45, 2.75) is 19.9 Å². The van der Waals surface area contributed by atoms with Gasteiger partial charge in [-0.25, -0.2) is 4.98 Å². The van der Waals surface area contributed by atoms with Crippen molar-refractivity contribution in [2.75, 3.05) is 17.7 Å². The highest BCUT2D eigenvalue weighted by molar-refractivity contribution is 6.03. The first-order valence-electron chi connectivity index (χ1n) is 10.3. The molecule has 33 heavy (non-hydrogen) atoms. The van der Waals surface area contributed by atoms with Crippen LogP contribution in [-0.2, 0) is 17.8 Å². The van der Waals surface area contributed by atoms with E-state index in [9.17, 15) is 14.4 Å². The van der Waals surface area contributed by atoms with Gasteiger partial charge in [0.1, 0.15) is 18.1 Å². The molecule has 2 aromatic heterocycles. The molecule has 0 aliphatic heterocycles. The summed E-state index contributed by atoms with van der Waals surface area (Å²) in [6.07, 6.45) is 1.91. The van der Waals surface area contributed by atoms with Gasteiger partial charge in [0, 0.05) is 18.2 Å². The first kappa shape index (κ1) is 21.8. The van der Waals surface area contributed by atoms with Gasteiger partial charge >= 0.3 is 0 Å². The molecule has 0 unspecified atom stereocenters. The van der Waals surface area contributed by atoms with Gasteiger partial charge in [-0.3, -0.25) is 19.0 Å². The second-order valence-corrected chi connectivity index (χ2v) is 7.18. The molecule has 2 aromatic carbocycles. The molecule has 9 nitrogen and oxygen atoms in total. The number of fused-ring (bicyclic) bond motifs is 1. The summed E-state index contributed by atoms with van der Waals surface area (Å²) in [6, 6.07) is 15.0. The lowest BCUT2D eigenvalue weighted by molar-refractivity contribution is -0.116. The number of hydrogen-bond acceptors (Lipinski definition) is 6. The number of carbonyl (C=O) groups excluding carboxylic acids is 2. The van der Waals surface area contributed by atoms with Crippen molar-refractivity contribution in [2.24, 2.45) is 0 Å². The van der Waals surface area contributed by atoms with Crippen LogP contribution in [0, 0.1) is 0 Å². The fraction of sp³-hybridized carbons (Fsp3) is 0.167. The van der Waals surface area contributed by atoms with Gasteiger partial charge in [-0.2, -0.15) is 0 Å². The van der Waals surface area contributed by atoms with Gasteiger partial charge in [-0.15, -0.1) is 0 Å². The van der Waals surface area contributed by atoms with Gasteiger partial charge in [0.05, 0.1) is 30.0 Å². The van der Waals surface area contributed by atoms with Crippen molar-refractivity contribution in [3.8, 4) is 5.75 Å². The maximum absolute atomic E-state index is 12.9. The highest BCUT2D eigenvalue weighted by atomic mass is 16.5. The number of methoxy groups -OCH3 is 1. The van der Waals surface area contributed by atoms with Crippen molar-refractivity contribution in [3.05, 3.63) is 82.8 Å². The van der Waals surface area contributed by atoms with Gasteiger partial charge in [0.25, 0.3) is 11.5 Å². The number of hydrogen-bond donors (Lipinski definition) is 2. The summed E-state index contributed by atoms with van der Waals surface area (Å²) in [7, 11) is 1.46. The van der Waals surface area contributed by atoms with Gasteiger partial charge in [-0.05, 0) is 36.4 Å². The number of furan rings is 1. The Hall–Kier alpha value is -4.40. The molecule has 0 aliphatic carbocycles. The lowest BCUT2D eigenvalue weighted by Crippen LogP contribution is -2.31. The van der Waals surface area contributed by atoms with E-state index in [1.807, 2.05) is 13.0 Å². The number of aryl methyl sites for hydroxylation is 1. The Balaban J connectivity index is 1.53. The second-order valence-electron chi connectivity index (χ2n) is 7.18. The fourth-order valence-electron chi connectivity index (χ4n) is 3.46. The molecule has 0 saturated heterocycles. The zero-order valence-electron chi connectivity index (χ0n) is 18.1. The SMILES string of the molecule is CCc1nc2ccccc2c(=O)n1CC(=O)Nc1ccc(NC(=O)c2ccco2)c(OC)c1. The van der Waals surface area contributed by atoms with Crippen molar-refractivity contribution in [1.82, 2.24) is 9.55 Å². The van der Waals surface area contributed by atoms with Gasteiger partial charge < -0.3 is 19.8 Å². The fourth-order valence-corrected chi connectivity index (χ4v) is 3.46. The van der Waals surface area contributed by atoms with Crippen molar-refractivity contribution in [1.29, 1.82) is 0 Å². The Bertz CT molecular complexity index is 1380. The molecule has 168 valence electrons. The third kappa shape index (κ3) is 4.62. The predicted molar refractivity (Wildman–Crippen MR) is 124 cm³/mol. The van der Waals surface area contributed by atoms with E-state index in [4.69, 9.17) is 9.15 Å². The number of aromatic nitrogens is 2. The molecule has 0 atom stereocenters. The number of anilines is 2. The van der Waals surface area contributed by atoms with E-state index in [1.165, 1.54) is 17.9 Å². The number of carbonyl (C=O) groups is 2. The van der Waals surface area contributed by atoms with Gasteiger partial charge in [0.2, 0.25) is 5.91 Å². The first-order chi connectivity index (χ1) is 16.0. The molecule has 9 heteroatoms. The monoisotopic (exact) mass is 446 g/mol. The number of benzene rings is 2. The smallest absolute Gasteiger partial charge is 0.291 e. The highest BCUT2D eigenvalue weighted by Gasteiger charge is 2.15.